The first kappa shape index (κ1) is 42.0. The second-order valence-corrected chi connectivity index (χ2v) is 17.9. The van der Waals surface area contributed by atoms with E-state index in [2.05, 4.69) is 6.92 Å². The Labute approximate surface area is 318 Å². The first-order valence-electron chi connectivity index (χ1n) is 19.8. The van der Waals surface area contributed by atoms with Crippen LogP contribution in [0.15, 0.2) is 0 Å². The Kier molecular flexibility index (Phi) is 11.8. The number of carbonyl (C=O) groups excluding carboxylic acids is 1. The molecular weight excluding hydrogens is 732 g/mol. The summed E-state index contributed by atoms with van der Waals surface area (Å²) in [5.74, 6) is -0.456. The lowest BCUT2D eigenvalue weighted by Crippen LogP contribution is -2.65. The summed E-state index contributed by atoms with van der Waals surface area (Å²) >= 11 is 0. The van der Waals surface area contributed by atoms with Gasteiger partial charge in [0.2, 0.25) is 6.29 Å². The van der Waals surface area contributed by atoms with E-state index in [0.717, 1.165) is 32.1 Å². The summed E-state index contributed by atoms with van der Waals surface area (Å²) < 4.78 is 35.5. The normalized spacial score (nSPS) is 55.3. The molecule has 4 saturated carbocycles. The quantitative estimate of drug-likeness (QED) is 0.0814. The third kappa shape index (κ3) is 6.88. The topological polar surface area (TPSA) is 295 Å². The lowest BCUT2D eigenvalue weighted by molar-refractivity contribution is -0.380. The van der Waals surface area contributed by atoms with Gasteiger partial charge in [0.1, 0.15) is 73.2 Å². The number of aliphatic hydroxyl groups is 11. The third-order valence-electron chi connectivity index (χ3n) is 15.0. The van der Waals surface area contributed by atoms with E-state index >= 15 is 0 Å². The molecule has 18 heteroatoms. The molecule has 1 spiro atoms. The average Bonchev–Trinajstić information content (AvgIpc) is 3.43. The summed E-state index contributed by atoms with van der Waals surface area (Å²) in [5.41, 5.74) is -2.14. The zero-order valence-electron chi connectivity index (χ0n) is 31.3. The van der Waals surface area contributed by atoms with Crippen molar-refractivity contribution in [1.82, 2.24) is 0 Å². The Bertz CT molecular complexity index is 1370. The fraction of sp³-hybridized carbons (Fsp3) is 0.973. The van der Waals surface area contributed by atoms with Gasteiger partial charge in [-0.25, -0.2) is 0 Å². The predicted molar refractivity (Wildman–Crippen MR) is 182 cm³/mol. The minimum Gasteiger partial charge on any atom is -0.432 e. The van der Waals surface area contributed by atoms with Gasteiger partial charge in [0, 0.05) is 0 Å². The van der Waals surface area contributed by atoms with Crippen LogP contribution in [0, 0.1) is 28.1 Å². The molecule has 4 aliphatic carbocycles. The Hall–Kier alpha value is -1.17. The lowest BCUT2D eigenvalue weighted by atomic mass is 9.41. The number of rotatable bonds is 9. The molecule has 0 aromatic rings. The van der Waals surface area contributed by atoms with E-state index in [1.54, 1.807) is 0 Å². The Morgan fingerprint density at radius 3 is 1.76 bits per heavy atom. The second kappa shape index (κ2) is 15.5. The van der Waals surface area contributed by atoms with Crippen molar-refractivity contribution in [3.05, 3.63) is 0 Å². The van der Waals surface area contributed by atoms with Gasteiger partial charge in [-0.05, 0) is 87.4 Å². The molecule has 0 aromatic carbocycles. The Morgan fingerprint density at radius 1 is 0.600 bits per heavy atom. The molecule has 3 saturated heterocycles. The van der Waals surface area contributed by atoms with E-state index in [1.807, 2.05) is 6.92 Å². The average molecular weight is 793 g/mol. The summed E-state index contributed by atoms with van der Waals surface area (Å²) in [4.78, 5) is 14.1. The van der Waals surface area contributed by atoms with Crippen molar-refractivity contribution in [3.63, 3.8) is 0 Å². The fourth-order valence-electron chi connectivity index (χ4n) is 12.0. The SMILES string of the molecule is C[C@@]12CCC[C@@](C)(C(=O)O[C@@H]3O[C@H](CO)[C@H](O)[C@@H](O)[C@@H]3O)[C@@H]1CC[C@]13CC[C@](O[C@@H]4O[C@H](CO)[C@@H](O)[C@H](O)[C@@H]4O[C@@H]4O[C@H](CO)[C@@H](O)[C@@H](O)[C@@H]4O)(CC[C@H]12)C3. The van der Waals surface area contributed by atoms with Gasteiger partial charge in [0.25, 0.3) is 0 Å². The molecule has 0 radical (unpaired) electrons. The van der Waals surface area contributed by atoms with Crippen molar-refractivity contribution in [2.24, 2.45) is 28.1 Å². The number of aliphatic hydroxyl groups excluding tert-OH is 11. The molecule has 3 aliphatic heterocycles. The number of carbonyl (C=O) groups is 1. The molecule has 7 rings (SSSR count). The van der Waals surface area contributed by atoms with E-state index in [-0.39, 0.29) is 22.7 Å². The number of hydrogen-bond donors (Lipinski definition) is 11. The number of hydrogen-bond acceptors (Lipinski definition) is 18. The molecule has 316 valence electrons. The second-order valence-electron chi connectivity index (χ2n) is 17.9. The summed E-state index contributed by atoms with van der Waals surface area (Å²) in [6.07, 6.45) is -16.1. The van der Waals surface area contributed by atoms with Gasteiger partial charge in [-0.2, -0.15) is 0 Å². The van der Waals surface area contributed by atoms with E-state index < -0.39 is 129 Å². The first-order valence-corrected chi connectivity index (χ1v) is 19.8. The van der Waals surface area contributed by atoms with Crippen molar-refractivity contribution < 1.29 is 89.4 Å². The number of fused-ring (bicyclic) bond motifs is 3. The monoisotopic (exact) mass is 792 g/mol. The Balaban J connectivity index is 1.08. The van der Waals surface area contributed by atoms with Crippen molar-refractivity contribution in [2.75, 3.05) is 19.8 Å². The maximum Gasteiger partial charge on any atom is 0.314 e. The van der Waals surface area contributed by atoms with Crippen LogP contribution in [-0.4, -0.2) is 180 Å². The van der Waals surface area contributed by atoms with Crippen molar-refractivity contribution >= 4 is 5.97 Å². The van der Waals surface area contributed by atoms with Gasteiger partial charge in [-0.15, -0.1) is 0 Å². The van der Waals surface area contributed by atoms with Gasteiger partial charge in [-0.3, -0.25) is 4.79 Å². The van der Waals surface area contributed by atoms with E-state index in [4.69, 9.17) is 28.4 Å². The molecule has 18 nitrogen and oxygen atoms in total. The molecule has 21 atom stereocenters. The fourth-order valence-corrected chi connectivity index (χ4v) is 12.0. The van der Waals surface area contributed by atoms with Crippen LogP contribution in [0.1, 0.15) is 78.1 Å². The zero-order chi connectivity index (χ0) is 39.8. The highest BCUT2D eigenvalue weighted by Gasteiger charge is 2.68. The maximum atomic E-state index is 14.1. The van der Waals surface area contributed by atoms with Crippen LogP contribution in [0.25, 0.3) is 0 Å². The van der Waals surface area contributed by atoms with Crippen molar-refractivity contribution in [2.45, 2.75) is 176 Å². The van der Waals surface area contributed by atoms with E-state index in [9.17, 15) is 61.0 Å². The van der Waals surface area contributed by atoms with Crippen LogP contribution in [-0.2, 0) is 33.2 Å². The summed E-state index contributed by atoms with van der Waals surface area (Å²) in [5, 5.41) is 114. The molecule has 3 heterocycles. The van der Waals surface area contributed by atoms with E-state index in [1.165, 1.54) is 0 Å². The van der Waals surface area contributed by atoms with Gasteiger partial charge in [0.15, 0.2) is 12.6 Å². The minimum absolute atomic E-state index is 0.0873. The van der Waals surface area contributed by atoms with Crippen LogP contribution in [0.3, 0.4) is 0 Å². The molecule has 55 heavy (non-hydrogen) atoms. The largest absolute Gasteiger partial charge is 0.432 e. The van der Waals surface area contributed by atoms with Crippen molar-refractivity contribution in [3.8, 4) is 0 Å². The summed E-state index contributed by atoms with van der Waals surface area (Å²) in [6.45, 7) is 2.15. The predicted octanol–water partition coefficient (Wildman–Crippen LogP) is -3.10. The molecular formula is C37H60O18. The van der Waals surface area contributed by atoms with Crippen molar-refractivity contribution in [1.29, 1.82) is 0 Å². The summed E-state index contributed by atoms with van der Waals surface area (Å²) in [7, 11) is 0. The van der Waals surface area contributed by atoms with Gasteiger partial charge in [0.05, 0.1) is 30.8 Å². The molecule has 0 amide bonds. The van der Waals surface area contributed by atoms with Crippen LogP contribution in [0.5, 0.6) is 0 Å². The van der Waals surface area contributed by atoms with Crippen LogP contribution in [0.4, 0.5) is 0 Å². The molecule has 7 fully saturated rings. The lowest BCUT2D eigenvalue weighted by Gasteiger charge is -2.64. The van der Waals surface area contributed by atoms with E-state index in [0.29, 0.717) is 32.1 Å². The molecule has 0 aromatic heterocycles. The standard InChI is InChI=1S/C37H60O18/c1-34-6-3-7-35(2,33(49)54-31-28(48)25(45)22(42)17(13-39)51-31)19(34)4-8-36-10-11-37(15-36,9-5-20(34)36)55-32-29(26(46)23(43)18(14-40)52-32)53-30-27(47)24(44)21(41)16(12-38)50-30/h16-32,38-48H,3-15H2,1-2H3/t16-,17-,18-,19-,20+,21-,22+,23-,24-,25-,26+,27+,28+,29+,30+,31+,32+,34-,35-,36-,37-/m1/s1. The number of ether oxygens (including phenoxy) is 6. The molecule has 7 aliphatic rings. The third-order valence-corrected chi connectivity index (χ3v) is 15.0. The van der Waals surface area contributed by atoms with Crippen LogP contribution in [0.2, 0.25) is 0 Å². The van der Waals surface area contributed by atoms with Crippen LogP contribution >= 0.6 is 0 Å². The zero-order valence-corrected chi connectivity index (χ0v) is 31.3. The van der Waals surface area contributed by atoms with Gasteiger partial charge in [-0.1, -0.05) is 13.3 Å². The number of esters is 1. The first-order chi connectivity index (χ1) is 26.0. The summed E-state index contributed by atoms with van der Waals surface area (Å²) in [6, 6.07) is 0. The molecule has 0 unspecified atom stereocenters. The maximum absolute atomic E-state index is 14.1. The minimum atomic E-state index is -1.78. The Morgan fingerprint density at radius 2 is 1.15 bits per heavy atom. The molecule has 2 bridgehead atoms. The van der Waals surface area contributed by atoms with Gasteiger partial charge < -0.3 is 84.6 Å². The highest BCUT2D eigenvalue weighted by atomic mass is 16.8. The smallest absolute Gasteiger partial charge is 0.314 e. The van der Waals surface area contributed by atoms with Gasteiger partial charge >= 0.3 is 5.97 Å². The molecule has 11 N–H and O–H groups in total. The highest BCUT2D eigenvalue weighted by molar-refractivity contribution is 5.77. The van der Waals surface area contributed by atoms with Crippen LogP contribution < -0.4 is 0 Å². The highest BCUT2D eigenvalue weighted by Crippen LogP contribution is 2.73.